The van der Waals surface area contributed by atoms with Crippen LogP contribution in [0.4, 0.5) is 11.4 Å². The molecule has 0 spiro atoms. The summed E-state index contributed by atoms with van der Waals surface area (Å²) in [6.45, 7) is 0.351. The number of benzene rings is 5. The first kappa shape index (κ1) is 38.4. The minimum atomic E-state index is -0.611. The SMILES string of the molecule is Nc1ccccc1NC(=O)CCCC(=O)NCc1cccc(-c2ccc([C@@H]3O[C@H](CSc4nnnn4-c4ccccc4)C[C@H](c4ccc(CO)cc4)O3)cc2)c1. The zero-order valence-corrected chi connectivity index (χ0v) is 31.5. The third-order valence-electron chi connectivity index (χ3n) is 9.43. The van der Waals surface area contributed by atoms with Crippen LogP contribution in [0.15, 0.2) is 133 Å². The number of aliphatic hydroxyl groups is 1. The van der Waals surface area contributed by atoms with E-state index in [4.69, 9.17) is 15.2 Å². The fourth-order valence-corrected chi connectivity index (χ4v) is 7.31. The lowest BCUT2D eigenvalue weighted by Crippen LogP contribution is -2.31. The molecule has 6 aromatic rings. The second-order valence-electron chi connectivity index (χ2n) is 13.5. The molecule has 2 amide bonds. The fourth-order valence-electron chi connectivity index (χ4n) is 6.41. The van der Waals surface area contributed by atoms with Gasteiger partial charge in [-0.25, -0.2) is 0 Å². The summed E-state index contributed by atoms with van der Waals surface area (Å²) in [5.41, 5.74) is 13.6. The number of aromatic nitrogens is 4. The minimum Gasteiger partial charge on any atom is -0.397 e. The van der Waals surface area contributed by atoms with Crippen molar-refractivity contribution in [1.29, 1.82) is 0 Å². The number of hydrogen-bond donors (Lipinski definition) is 4. The summed E-state index contributed by atoms with van der Waals surface area (Å²) in [5, 5.41) is 28.4. The predicted octanol–water partition coefficient (Wildman–Crippen LogP) is 7.17. The molecule has 286 valence electrons. The van der Waals surface area contributed by atoms with Crippen LogP contribution in [0.1, 0.15) is 60.3 Å². The van der Waals surface area contributed by atoms with Gasteiger partial charge in [-0.1, -0.05) is 109 Å². The lowest BCUT2D eigenvalue weighted by Gasteiger charge is -2.36. The van der Waals surface area contributed by atoms with E-state index < -0.39 is 6.29 Å². The van der Waals surface area contributed by atoms with Crippen molar-refractivity contribution in [2.45, 2.75) is 62.5 Å². The van der Waals surface area contributed by atoms with E-state index in [1.807, 2.05) is 97.1 Å². The molecule has 1 aromatic heterocycles. The van der Waals surface area contributed by atoms with Gasteiger partial charge in [-0.15, -0.1) is 5.10 Å². The summed E-state index contributed by atoms with van der Waals surface area (Å²) in [6.07, 6.45) is 0.518. The fraction of sp³-hybridized carbons (Fsp3) is 0.233. The van der Waals surface area contributed by atoms with Crippen molar-refractivity contribution >= 4 is 35.0 Å². The van der Waals surface area contributed by atoms with Crippen LogP contribution in [0.5, 0.6) is 0 Å². The van der Waals surface area contributed by atoms with E-state index in [0.717, 1.165) is 39.1 Å². The normalized spacial score (nSPS) is 16.6. The van der Waals surface area contributed by atoms with E-state index in [-0.39, 0.29) is 43.5 Å². The Morgan fingerprint density at radius 1 is 0.804 bits per heavy atom. The van der Waals surface area contributed by atoms with Gasteiger partial charge in [0.25, 0.3) is 0 Å². The Labute approximate surface area is 329 Å². The number of tetrazole rings is 1. The second-order valence-corrected chi connectivity index (χ2v) is 14.4. The smallest absolute Gasteiger partial charge is 0.224 e. The number of anilines is 2. The number of ether oxygens (including phenoxy) is 2. The van der Waals surface area contributed by atoms with Crippen LogP contribution in [0.2, 0.25) is 0 Å². The average molecular weight is 770 g/mol. The summed E-state index contributed by atoms with van der Waals surface area (Å²) in [6, 6.07) is 40.9. The number of nitrogen functional groups attached to an aromatic ring is 1. The molecule has 0 radical (unpaired) electrons. The molecule has 12 nitrogen and oxygen atoms in total. The topological polar surface area (TPSA) is 167 Å². The maximum atomic E-state index is 12.6. The van der Waals surface area contributed by atoms with E-state index in [0.29, 0.717) is 41.7 Å². The zero-order chi connectivity index (χ0) is 38.7. The molecule has 0 unspecified atom stereocenters. The van der Waals surface area contributed by atoms with Crippen molar-refractivity contribution in [1.82, 2.24) is 25.5 Å². The number of nitrogens with one attached hydrogen (secondary N) is 2. The molecular weight excluding hydrogens is 727 g/mol. The molecule has 3 atom stereocenters. The van der Waals surface area contributed by atoms with Gasteiger partial charge in [0.05, 0.1) is 35.9 Å². The van der Waals surface area contributed by atoms with Crippen LogP contribution in [0.3, 0.4) is 0 Å². The van der Waals surface area contributed by atoms with Crippen LogP contribution >= 0.6 is 11.8 Å². The highest BCUT2D eigenvalue weighted by Crippen LogP contribution is 2.40. The number of nitrogens with two attached hydrogens (primary N) is 1. The van der Waals surface area contributed by atoms with Crippen molar-refractivity contribution in [2.24, 2.45) is 0 Å². The number of nitrogens with zero attached hydrogens (tertiary/aromatic N) is 4. The average Bonchev–Trinajstić information content (AvgIpc) is 3.72. The lowest BCUT2D eigenvalue weighted by atomic mass is 9.99. The molecule has 7 rings (SSSR count). The van der Waals surface area contributed by atoms with Gasteiger partial charge in [0.1, 0.15) is 0 Å². The van der Waals surface area contributed by atoms with E-state index in [2.05, 4.69) is 32.2 Å². The Morgan fingerprint density at radius 3 is 2.34 bits per heavy atom. The molecule has 2 heterocycles. The molecule has 1 fully saturated rings. The summed E-state index contributed by atoms with van der Waals surface area (Å²) >= 11 is 1.53. The van der Waals surface area contributed by atoms with Gasteiger partial charge in [0, 0.05) is 37.1 Å². The third-order valence-corrected chi connectivity index (χ3v) is 10.5. The highest BCUT2D eigenvalue weighted by atomic mass is 32.2. The van der Waals surface area contributed by atoms with Gasteiger partial charge in [-0.05, 0) is 75.0 Å². The first-order chi connectivity index (χ1) is 27.4. The Bertz CT molecular complexity index is 2220. The molecule has 0 saturated carbocycles. The molecular formula is C43H43N7O5S. The molecule has 13 heteroatoms. The van der Waals surface area contributed by atoms with Gasteiger partial charge in [0.15, 0.2) is 6.29 Å². The van der Waals surface area contributed by atoms with Crippen LogP contribution in [-0.2, 0) is 32.2 Å². The van der Waals surface area contributed by atoms with E-state index in [9.17, 15) is 14.7 Å². The maximum absolute atomic E-state index is 12.6. The van der Waals surface area contributed by atoms with Crippen molar-refractivity contribution in [3.63, 3.8) is 0 Å². The number of carbonyl (C=O) groups excluding carboxylic acids is 2. The summed E-state index contributed by atoms with van der Waals surface area (Å²) in [4.78, 5) is 24.9. The van der Waals surface area contributed by atoms with Crippen molar-refractivity contribution in [3.05, 3.63) is 150 Å². The lowest BCUT2D eigenvalue weighted by molar-refractivity contribution is -0.245. The molecule has 1 aliphatic heterocycles. The number of amides is 2. The van der Waals surface area contributed by atoms with Crippen LogP contribution in [0, 0.1) is 0 Å². The molecule has 1 saturated heterocycles. The van der Waals surface area contributed by atoms with E-state index in [1.54, 1.807) is 28.9 Å². The van der Waals surface area contributed by atoms with Crippen molar-refractivity contribution in [2.75, 3.05) is 16.8 Å². The van der Waals surface area contributed by atoms with Crippen LogP contribution < -0.4 is 16.4 Å². The predicted molar refractivity (Wildman–Crippen MR) is 215 cm³/mol. The van der Waals surface area contributed by atoms with E-state index in [1.165, 1.54) is 11.8 Å². The first-order valence-electron chi connectivity index (χ1n) is 18.5. The highest BCUT2D eigenvalue weighted by Gasteiger charge is 2.32. The van der Waals surface area contributed by atoms with Crippen LogP contribution in [0.25, 0.3) is 16.8 Å². The monoisotopic (exact) mass is 769 g/mol. The van der Waals surface area contributed by atoms with Crippen molar-refractivity contribution < 1.29 is 24.2 Å². The Morgan fingerprint density at radius 2 is 1.55 bits per heavy atom. The molecule has 5 N–H and O–H groups in total. The van der Waals surface area contributed by atoms with Crippen LogP contribution in [-0.4, -0.2) is 49.0 Å². The number of carbonyl (C=O) groups is 2. The Kier molecular flexibility index (Phi) is 12.8. The Hall–Kier alpha value is -5.86. The number of rotatable bonds is 15. The molecule has 5 aromatic carbocycles. The van der Waals surface area contributed by atoms with Gasteiger partial charge < -0.3 is 30.9 Å². The van der Waals surface area contributed by atoms with Gasteiger partial charge in [-0.2, -0.15) is 4.68 Å². The van der Waals surface area contributed by atoms with Gasteiger partial charge >= 0.3 is 0 Å². The first-order valence-corrected chi connectivity index (χ1v) is 19.5. The number of hydrogen-bond acceptors (Lipinski definition) is 10. The number of thioether (sulfide) groups is 1. The molecule has 0 aliphatic carbocycles. The number of para-hydroxylation sites is 3. The molecule has 1 aliphatic rings. The number of aliphatic hydroxyl groups excluding tert-OH is 1. The summed E-state index contributed by atoms with van der Waals surface area (Å²) < 4.78 is 14.9. The van der Waals surface area contributed by atoms with Crippen molar-refractivity contribution in [3.8, 4) is 16.8 Å². The minimum absolute atomic E-state index is 0.0230. The van der Waals surface area contributed by atoms with Gasteiger partial charge in [-0.3, -0.25) is 9.59 Å². The molecule has 56 heavy (non-hydrogen) atoms. The summed E-state index contributed by atoms with van der Waals surface area (Å²) in [7, 11) is 0. The largest absolute Gasteiger partial charge is 0.397 e. The third kappa shape index (κ3) is 10.1. The quantitative estimate of drug-likeness (QED) is 0.0622. The standard InChI is InChI=1S/C43H43N7O5S/c44-37-12-4-5-13-38(37)46-41(53)15-7-14-40(52)45-26-30-8-6-9-34(24-30)31-20-22-33(23-21-31)42-54-36(25-39(55-42)32-18-16-29(27-51)17-19-32)28-56-43-47-48-49-50(43)35-10-2-1-3-11-35/h1-6,8-13,16-24,36,39,42,51H,7,14-15,25-28,44H2,(H,45,52)(H,46,53)/t36-,39+,42+/m0/s1. The maximum Gasteiger partial charge on any atom is 0.224 e. The molecule has 0 bridgehead atoms. The summed E-state index contributed by atoms with van der Waals surface area (Å²) in [5.74, 6) is 0.314. The highest BCUT2D eigenvalue weighted by molar-refractivity contribution is 7.99. The zero-order valence-electron chi connectivity index (χ0n) is 30.7. The Balaban J connectivity index is 0.964. The van der Waals surface area contributed by atoms with E-state index >= 15 is 0 Å². The second kappa shape index (κ2) is 18.7. The van der Waals surface area contributed by atoms with Gasteiger partial charge in [0.2, 0.25) is 17.0 Å².